The maximum Gasteiger partial charge on any atom is 0.275 e. The number of hydrogen-bond acceptors (Lipinski definition) is 7. The predicted molar refractivity (Wildman–Crippen MR) is 97.2 cm³/mol. The summed E-state index contributed by atoms with van der Waals surface area (Å²) in [6.45, 7) is 3.61. The molecule has 0 radical (unpaired) electrons. The van der Waals surface area contributed by atoms with E-state index < -0.39 is 5.91 Å². The van der Waals surface area contributed by atoms with Crippen molar-refractivity contribution in [2.75, 3.05) is 17.7 Å². The summed E-state index contributed by atoms with van der Waals surface area (Å²) >= 11 is 6.11. The maximum absolute atomic E-state index is 12.3. The Kier molecular flexibility index (Phi) is 5.04. The minimum absolute atomic E-state index is 0.174. The lowest BCUT2D eigenvalue weighted by Crippen LogP contribution is -2.15. The Morgan fingerprint density at radius 2 is 2.08 bits per heavy atom. The molecule has 0 saturated carbocycles. The van der Waals surface area contributed by atoms with Crippen molar-refractivity contribution in [2.45, 2.75) is 13.8 Å². The van der Waals surface area contributed by atoms with Crippen LogP contribution in [0.4, 0.5) is 17.5 Å². The van der Waals surface area contributed by atoms with E-state index in [0.717, 1.165) is 5.56 Å². The SMILES string of the molecule is COc1cc(Cl)c(C)cc1Nc1nccc(C(=O)Nc2cc(C)on2)n1. The molecule has 0 saturated heterocycles. The smallest absolute Gasteiger partial charge is 0.275 e. The van der Waals surface area contributed by atoms with Crippen molar-refractivity contribution >= 4 is 35.0 Å². The fourth-order valence-corrected chi connectivity index (χ4v) is 2.35. The Morgan fingerprint density at radius 3 is 2.77 bits per heavy atom. The molecule has 1 amide bonds. The first kappa shape index (κ1) is 17.7. The average Bonchev–Trinajstić information content (AvgIpc) is 3.03. The lowest BCUT2D eigenvalue weighted by molar-refractivity contribution is 0.102. The quantitative estimate of drug-likeness (QED) is 0.702. The number of nitrogens with one attached hydrogen (secondary N) is 2. The lowest BCUT2D eigenvalue weighted by atomic mass is 10.2. The molecule has 0 aliphatic rings. The highest BCUT2D eigenvalue weighted by Gasteiger charge is 2.13. The first-order chi connectivity index (χ1) is 12.5. The molecule has 0 spiro atoms. The molecule has 2 heterocycles. The van der Waals surface area contributed by atoms with E-state index in [-0.39, 0.29) is 11.6 Å². The minimum Gasteiger partial charge on any atom is -0.495 e. The number of aromatic nitrogens is 3. The van der Waals surface area contributed by atoms with Crippen molar-refractivity contribution in [2.24, 2.45) is 0 Å². The monoisotopic (exact) mass is 373 g/mol. The van der Waals surface area contributed by atoms with Crippen molar-refractivity contribution in [3.63, 3.8) is 0 Å². The van der Waals surface area contributed by atoms with Crippen molar-refractivity contribution in [3.05, 3.63) is 52.5 Å². The van der Waals surface area contributed by atoms with Gasteiger partial charge in [0, 0.05) is 23.4 Å². The predicted octanol–water partition coefficient (Wildman–Crippen LogP) is 3.74. The standard InChI is InChI=1S/C17H16ClN5O3/c1-9-6-13(14(25-3)8-11(9)18)21-17-19-5-4-12(20-17)16(24)22-15-7-10(2)26-23-15/h4-8H,1-3H3,(H,19,20,21)(H,22,23,24). The summed E-state index contributed by atoms with van der Waals surface area (Å²) in [5.41, 5.74) is 1.68. The van der Waals surface area contributed by atoms with E-state index in [0.29, 0.717) is 28.0 Å². The molecule has 3 rings (SSSR count). The number of carbonyl (C=O) groups is 1. The van der Waals surface area contributed by atoms with Crippen LogP contribution in [0.25, 0.3) is 0 Å². The second-order valence-corrected chi connectivity index (χ2v) is 5.88. The molecular formula is C17H16ClN5O3. The van der Waals surface area contributed by atoms with Crippen LogP contribution in [-0.4, -0.2) is 28.1 Å². The molecule has 26 heavy (non-hydrogen) atoms. The van der Waals surface area contributed by atoms with Crippen molar-refractivity contribution in [1.29, 1.82) is 0 Å². The number of ether oxygens (including phenoxy) is 1. The largest absolute Gasteiger partial charge is 0.495 e. The number of anilines is 3. The molecule has 8 nitrogen and oxygen atoms in total. The van der Waals surface area contributed by atoms with E-state index in [4.69, 9.17) is 20.9 Å². The number of halogens is 1. The summed E-state index contributed by atoms with van der Waals surface area (Å²) in [7, 11) is 1.54. The topological polar surface area (TPSA) is 102 Å². The summed E-state index contributed by atoms with van der Waals surface area (Å²) in [5.74, 6) is 1.26. The van der Waals surface area contributed by atoms with Gasteiger partial charge in [0.05, 0.1) is 12.8 Å². The molecule has 2 aromatic heterocycles. The molecule has 0 aliphatic heterocycles. The zero-order chi connectivity index (χ0) is 18.7. The van der Waals surface area contributed by atoms with Gasteiger partial charge in [-0.3, -0.25) is 4.79 Å². The molecule has 0 aliphatic carbocycles. The van der Waals surface area contributed by atoms with Gasteiger partial charge in [-0.1, -0.05) is 16.8 Å². The van der Waals surface area contributed by atoms with E-state index in [2.05, 4.69) is 25.8 Å². The Hall–Kier alpha value is -3.13. The van der Waals surface area contributed by atoms with Crippen LogP contribution in [0.5, 0.6) is 5.75 Å². The molecular weight excluding hydrogens is 358 g/mol. The summed E-state index contributed by atoms with van der Waals surface area (Å²) < 4.78 is 10.2. The van der Waals surface area contributed by atoms with Crippen LogP contribution >= 0.6 is 11.6 Å². The van der Waals surface area contributed by atoms with Gasteiger partial charge >= 0.3 is 0 Å². The Bertz CT molecular complexity index is 957. The summed E-state index contributed by atoms with van der Waals surface area (Å²) in [6, 6.07) is 6.62. The highest BCUT2D eigenvalue weighted by Crippen LogP contribution is 2.32. The summed E-state index contributed by atoms with van der Waals surface area (Å²) in [5, 5.41) is 9.94. The van der Waals surface area contributed by atoms with Crippen LogP contribution in [0.1, 0.15) is 21.8 Å². The van der Waals surface area contributed by atoms with E-state index in [1.54, 1.807) is 19.1 Å². The fourth-order valence-electron chi connectivity index (χ4n) is 2.20. The van der Waals surface area contributed by atoms with Crippen LogP contribution in [0, 0.1) is 13.8 Å². The number of amides is 1. The molecule has 3 aromatic rings. The summed E-state index contributed by atoms with van der Waals surface area (Å²) in [4.78, 5) is 20.6. The zero-order valence-corrected chi connectivity index (χ0v) is 15.1. The molecule has 0 bridgehead atoms. The van der Waals surface area contributed by atoms with Gasteiger partial charge in [0.25, 0.3) is 5.91 Å². The van der Waals surface area contributed by atoms with Gasteiger partial charge in [-0.2, -0.15) is 0 Å². The van der Waals surface area contributed by atoms with Gasteiger partial charge in [-0.05, 0) is 31.5 Å². The van der Waals surface area contributed by atoms with Crippen LogP contribution in [0.3, 0.4) is 0 Å². The number of nitrogens with zero attached hydrogens (tertiary/aromatic N) is 3. The first-order valence-corrected chi connectivity index (χ1v) is 8.03. The number of carbonyl (C=O) groups excluding carboxylic acids is 1. The molecule has 2 N–H and O–H groups in total. The average molecular weight is 374 g/mol. The zero-order valence-electron chi connectivity index (χ0n) is 14.3. The van der Waals surface area contributed by atoms with E-state index in [1.165, 1.54) is 19.4 Å². The van der Waals surface area contributed by atoms with Crippen LogP contribution in [0.2, 0.25) is 5.02 Å². The molecule has 1 aromatic carbocycles. The highest BCUT2D eigenvalue weighted by atomic mass is 35.5. The van der Waals surface area contributed by atoms with Crippen molar-refractivity contribution < 1.29 is 14.1 Å². The van der Waals surface area contributed by atoms with Crippen molar-refractivity contribution in [3.8, 4) is 5.75 Å². The fraction of sp³-hybridized carbons (Fsp3) is 0.176. The van der Waals surface area contributed by atoms with E-state index in [1.807, 2.05) is 13.0 Å². The number of methoxy groups -OCH3 is 1. The second-order valence-electron chi connectivity index (χ2n) is 5.47. The molecule has 0 unspecified atom stereocenters. The Labute approximate surface area is 154 Å². The van der Waals surface area contributed by atoms with Gasteiger partial charge in [0.2, 0.25) is 5.95 Å². The van der Waals surface area contributed by atoms with Crippen molar-refractivity contribution in [1.82, 2.24) is 15.1 Å². The van der Waals surface area contributed by atoms with Crippen LogP contribution in [0.15, 0.2) is 35.0 Å². The minimum atomic E-state index is -0.428. The van der Waals surface area contributed by atoms with Crippen LogP contribution < -0.4 is 15.4 Å². The highest BCUT2D eigenvalue weighted by molar-refractivity contribution is 6.31. The third-order valence-electron chi connectivity index (χ3n) is 3.49. The molecule has 9 heteroatoms. The Balaban J connectivity index is 1.81. The third-order valence-corrected chi connectivity index (χ3v) is 3.89. The van der Waals surface area contributed by atoms with Gasteiger partial charge in [-0.25, -0.2) is 9.97 Å². The van der Waals surface area contributed by atoms with Gasteiger partial charge in [0.15, 0.2) is 5.82 Å². The number of aryl methyl sites for hydroxylation is 2. The summed E-state index contributed by atoms with van der Waals surface area (Å²) in [6.07, 6.45) is 1.48. The second kappa shape index (κ2) is 7.40. The van der Waals surface area contributed by atoms with Gasteiger partial charge < -0.3 is 19.9 Å². The lowest BCUT2D eigenvalue weighted by Gasteiger charge is -2.12. The molecule has 134 valence electrons. The van der Waals surface area contributed by atoms with Crippen LogP contribution in [-0.2, 0) is 0 Å². The third kappa shape index (κ3) is 3.92. The van der Waals surface area contributed by atoms with Gasteiger partial charge in [-0.15, -0.1) is 0 Å². The maximum atomic E-state index is 12.3. The number of rotatable bonds is 5. The number of hydrogen-bond donors (Lipinski definition) is 2. The normalized spacial score (nSPS) is 10.5. The molecule has 0 atom stereocenters. The number of benzene rings is 1. The Morgan fingerprint density at radius 1 is 1.27 bits per heavy atom. The van der Waals surface area contributed by atoms with E-state index >= 15 is 0 Å². The molecule has 0 fully saturated rings. The van der Waals surface area contributed by atoms with Gasteiger partial charge in [0.1, 0.15) is 17.2 Å². The van der Waals surface area contributed by atoms with E-state index in [9.17, 15) is 4.79 Å². The first-order valence-electron chi connectivity index (χ1n) is 7.65.